The van der Waals surface area contributed by atoms with Gasteiger partial charge in [-0.1, -0.05) is 38.3 Å². The van der Waals surface area contributed by atoms with Gasteiger partial charge in [0.05, 0.1) is 0 Å². The van der Waals surface area contributed by atoms with Crippen LogP contribution in [0.1, 0.15) is 54.9 Å². The average molecular weight is 260 g/mol. The molecule has 104 valence electrons. The largest absolute Gasteiger partial charge is 0.366 e. The molecular formula is C16H24N2O. The van der Waals surface area contributed by atoms with Crippen LogP contribution in [-0.4, -0.2) is 11.9 Å². The van der Waals surface area contributed by atoms with E-state index in [9.17, 15) is 4.79 Å². The van der Waals surface area contributed by atoms with Crippen molar-refractivity contribution in [3.8, 4) is 0 Å². The van der Waals surface area contributed by atoms with Crippen LogP contribution in [0.5, 0.6) is 0 Å². The Morgan fingerprint density at radius 1 is 1.21 bits per heavy atom. The lowest BCUT2D eigenvalue weighted by atomic mass is 9.96. The van der Waals surface area contributed by atoms with Gasteiger partial charge in [0, 0.05) is 18.2 Å². The van der Waals surface area contributed by atoms with Crippen molar-refractivity contribution in [1.29, 1.82) is 0 Å². The fourth-order valence-electron chi connectivity index (χ4n) is 2.83. The van der Waals surface area contributed by atoms with E-state index in [2.05, 4.69) is 12.2 Å². The molecule has 2 atom stereocenters. The molecular weight excluding hydrogens is 236 g/mol. The summed E-state index contributed by atoms with van der Waals surface area (Å²) in [6.07, 6.45) is 6.68. The minimum absolute atomic E-state index is 0.364. The first-order valence-corrected chi connectivity index (χ1v) is 7.29. The molecule has 3 N–H and O–H groups in total. The van der Waals surface area contributed by atoms with Crippen molar-refractivity contribution in [1.82, 2.24) is 5.32 Å². The fraction of sp³-hybridized carbons (Fsp3) is 0.562. The van der Waals surface area contributed by atoms with Crippen molar-refractivity contribution in [2.24, 2.45) is 11.7 Å². The number of nitrogens with two attached hydrogens (primary N) is 1. The second kappa shape index (κ2) is 6.71. The highest BCUT2D eigenvalue weighted by Gasteiger charge is 2.18. The second-order valence-corrected chi connectivity index (χ2v) is 5.66. The third kappa shape index (κ3) is 4.06. The number of rotatable bonds is 4. The Labute approximate surface area is 115 Å². The van der Waals surface area contributed by atoms with E-state index >= 15 is 0 Å². The van der Waals surface area contributed by atoms with E-state index in [1.165, 1.54) is 37.7 Å². The first kappa shape index (κ1) is 14.1. The van der Waals surface area contributed by atoms with Gasteiger partial charge in [-0.25, -0.2) is 0 Å². The Kier molecular flexibility index (Phi) is 4.97. The van der Waals surface area contributed by atoms with Gasteiger partial charge in [-0.2, -0.15) is 0 Å². The Bertz CT molecular complexity index is 413. The van der Waals surface area contributed by atoms with Gasteiger partial charge in [-0.15, -0.1) is 0 Å². The molecule has 19 heavy (non-hydrogen) atoms. The van der Waals surface area contributed by atoms with Gasteiger partial charge in [0.15, 0.2) is 0 Å². The molecule has 3 nitrogen and oxygen atoms in total. The van der Waals surface area contributed by atoms with Crippen LogP contribution < -0.4 is 11.1 Å². The average Bonchev–Trinajstić information content (AvgIpc) is 2.61. The molecule has 0 spiro atoms. The standard InChI is InChI=1S/C16H24N2O/c1-12-5-3-2-4-6-15(12)18-11-13-7-9-14(10-8-13)16(17)19/h7-10,12,15,18H,2-6,11H2,1H3,(H2,17,19). The zero-order chi connectivity index (χ0) is 13.7. The van der Waals surface area contributed by atoms with Crippen molar-refractivity contribution in [3.05, 3.63) is 35.4 Å². The molecule has 1 fully saturated rings. The van der Waals surface area contributed by atoms with Gasteiger partial charge in [-0.3, -0.25) is 4.79 Å². The quantitative estimate of drug-likeness (QED) is 0.818. The third-order valence-electron chi connectivity index (χ3n) is 4.17. The van der Waals surface area contributed by atoms with Crippen molar-refractivity contribution >= 4 is 5.91 Å². The summed E-state index contributed by atoms with van der Waals surface area (Å²) < 4.78 is 0. The van der Waals surface area contributed by atoms with Crippen LogP contribution in [0.3, 0.4) is 0 Å². The van der Waals surface area contributed by atoms with Gasteiger partial charge in [0.1, 0.15) is 0 Å². The Morgan fingerprint density at radius 3 is 2.58 bits per heavy atom. The van der Waals surface area contributed by atoms with Gasteiger partial charge < -0.3 is 11.1 Å². The summed E-state index contributed by atoms with van der Waals surface area (Å²) in [5, 5.41) is 3.66. The summed E-state index contributed by atoms with van der Waals surface area (Å²) in [5.41, 5.74) is 7.02. The molecule has 0 aromatic heterocycles. The minimum atomic E-state index is -0.364. The summed E-state index contributed by atoms with van der Waals surface area (Å²) in [4.78, 5) is 11.0. The lowest BCUT2D eigenvalue weighted by Gasteiger charge is -2.23. The molecule has 3 heteroatoms. The maximum absolute atomic E-state index is 11.0. The number of amides is 1. The zero-order valence-electron chi connectivity index (χ0n) is 11.7. The lowest BCUT2D eigenvalue weighted by Crippen LogP contribution is -2.33. The van der Waals surface area contributed by atoms with Crippen molar-refractivity contribution in [2.45, 2.75) is 51.6 Å². The minimum Gasteiger partial charge on any atom is -0.366 e. The number of primary amides is 1. The summed E-state index contributed by atoms with van der Waals surface area (Å²) >= 11 is 0. The van der Waals surface area contributed by atoms with Crippen LogP contribution in [0.4, 0.5) is 0 Å². The molecule has 0 radical (unpaired) electrons. The van der Waals surface area contributed by atoms with E-state index in [1.54, 1.807) is 12.1 Å². The van der Waals surface area contributed by atoms with E-state index < -0.39 is 0 Å². The Balaban J connectivity index is 1.88. The summed E-state index contributed by atoms with van der Waals surface area (Å²) in [5.74, 6) is 0.393. The number of carbonyl (C=O) groups excluding carboxylic acids is 1. The zero-order valence-corrected chi connectivity index (χ0v) is 11.7. The molecule has 0 saturated heterocycles. The molecule has 1 aliphatic carbocycles. The van der Waals surface area contributed by atoms with Crippen LogP contribution in [0, 0.1) is 5.92 Å². The maximum Gasteiger partial charge on any atom is 0.248 e. The van der Waals surface area contributed by atoms with Crippen molar-refractivity contribution < 1.29 is 4.79 Å². The van der Waals surface area contributed by atoms with Gasteiger partial charge in [0.25, 0.3) is 0 Å². The van der Waals surface area contributed by atoms with E-state index in [0.717, 1.165) is 12.5 Å². The third-order valence-corrected chi connectivity index (χ3v) is 4.17. The number of hydrogen-bond donors (Lipinski definition) is 2. The van der Waals surface area contributed by atoms with E-state index in [0.29, 0.717) is 11.6 Å². The van der Waals surface area contributed by atoms with E-state index in [-0.39, 0.29) is 5.91 Å². The highest BCUT2D eigenvalue weighted by Crippen LogP contribution is 2.23. The van der Waals surface area contributed by atoms with E-state index in [4.69, 9.17) is 5.73 Å². The first-order valence-electron chi connectivity index (χ1n) is 7.29. The predicted octanol–water partition coefficient (Wildman–Crippen LogP) is 2.84. The normalized spacial score (nSPS) is 23.8. The number of carbonyl (C=O) groups is 1. The number of hydrogen-bond acceptors (Lipinski definition) is 2. The predicted molar refractivity (Wildman–Crippen MR) is 77.8 cm³/mol. The van der Waals surface area contributed by atoms with Crippen molar-refractivity contribution in [2.75, 3.05) is 0 Å². The molecule has 2 rings (SSSR count). The molecule has 1 saturated carbocycles. The maximum atomic E-state index is 11.0. The van der Waals surface area contributed by atoms with Gasteiger partial charge >= 0.3 is 0 Å². The molecule has 1 amide bonds. The SMILES string of the molecule is CC1CCCCCC1NCc1ccc(C(N)=O)cc1. The number of nitrogens with one attached hydrogen (secondary N) is 1. The Morgan fingerprint density at radius 2 is 1.89 bits per heavy atom. The lowest BCUT2D eigenvalue weighted by molar-refractivity contribution is 0.100. The van der Waals surface area contributed by atoms with Gasteiger partial charge in [0.2, 0.25) is 5.91 Å². The summed E-state index contributed by atoms with van der Waals surface area (Å²) in [7, 11) is 0. The molecule has 0 heterocycles. The molecule has 2 unspecified atom stereocenters. The van der Waals surface area contributed by atoms with Crippen LogP contribution in [0.15, 0.2) is 24.3 Å². The highest BCUT2D eigenvalue weighted by atomic mass is 16.1. The Hall–Kier alpha value is -1.35. The molecule has 0 aliphatic heterocycles. The van der Waals surface area contributed by atoms with Gasteiger partial charge in [-0.05, 0) is 36.5 Å². The molecule has 1 aromatic rings. The van der Waals surface area contributed by atoms with Crippen LogP contribution in [0.2, 0.25) is 0 Å². The summed E-state index contributed by atoms with van der Waals surface area (Å²) in [6.45, 7) is 3.22. The van der Waals surface area contributed by atoms with Crippen molar-refractivity contribution in [3.63, 3.8) is 0 Å². The first-order chi connectivity index (χ1) is 9.16. The molecule has 1 aromatic carbocycles. The molecule has 0 bridgehead atoms. The topological polar surface area (TPSA) is 55.1 Å². The second-order valence-electron chi connectivity index (χ2n) is 5.66. The van der Waals surface area contributed by atoms with E-state index in [1.807, 2.05) is 12.1 Å². The fourth-order valence-corrected chi connectivity index (χ4v) is 2.83. The summed E-state index contributed by atoms with van der Waals surface area (Å²) in [6, 6.07) is 8.19. The van der Waals surface area contributed by atoms with Crippen LogP contribution in [-0.2, 0) is 6.54 Å². The van der Waals surface area contributed by atoms with Crippen LogP contribution >= 0.6 is 0 Å². The smallest absolute Gasteiger partial charge is 0.248 e. The van der Waals surface area contributed by atoms with Crippen LogP contribution in [0.25, 0.3) is 0 Å². The number of benzene rings is 1. The molecule has 1 aliphatic rings. The highest BCUT2D eigenvalue weighted by molar-refractivity contribution is 5.92. The monoisotopic (exact) mass is 260 g/mol.